The third-order valence-electron chi connectivity index (χ3n) is 4.62. The van der Waals surface area contributed by atoms with Gasteiger partial charge in [-0.05, 0) is 64.3 Å². The largest absolute Gasteiger partial charge is 0.376 e. The van der Waals surface area contributed by atoms with Crippen molar-refractivity contribution >= 4 is 17.6 Å². The summed E-state index contributed by atoms with van der Waals surface area (Å²) in [5.74, 6) is -0.116. The van der Waals surface area contributed by atoms with Gasteiger partial charge in [-0.15, -0.1) is 0 Å². The molecule has 1 saturated heterocycles. The van der Waals surface area contributed by atoms with E-state index in [1.165, 1.54) is 0 Å². The molecule has 6 heteroatoms. The number of rotatable bonds is 6. The first-order valence-corrected chi connectivity index (χ1v) is 8.92. The first-order valence-electron chi connectivity index (χ1n) is 8.92. The molecule has 3 amide bonds. The molecule has 1 aromatic rings. The fourth-order valence-corrected chi connectivity index (χ4v) is 2.64. The fourth-order valence-electron chi connectivity index (χ4n) is 2.64. The highest BCUT2D eigenvalue weighted by atomic mass is 16.5. The van der Waals surface area contributed by atoms with E-state index in [-0.39, 0.29) is 29.6 Å². The molecular formula is C19H29N3O3. The Kier molecular flexibility index (Phi) is 6.42. The molecule has 0 saturated carbocycles. The zero-order valence-electron chi connectivity index (χ0n) is 15.5. The molecular weight excluding hydrogens is 318 g/mol. The van der Waals surface area contributed by atoms with Crippen LogP contribution in [0.2, 0.25) is 0 Å². The lowest BCUT2D eigenvalue weighted by Crippen LogP contribution is -2.43. The number of nitrogens with one attached hydrogen (secondary N) is 3. The standard InChI is InChI=1S/C19H29N3O3/c1-5-19(3,4)22-17(23)14-8-10-15(11-9-14)21-18(24)20-13(2)16-7-6-12-25-16/h8-11,13,16H,5-7,12H2,1-4H3,(H,22,23)(H2,20,21,24)/t13-,16-/m0/s1. The maximum atomic E-state index is 12.2. The number of hydrogen-bond donors (Lipinski definition) is 3. The first-order chi connectivity index (χ1) is 11.8. The summed E-state index contributed by atoms with van der Waals surface area (Å²) < 4.78 is 5.57. The highest BCUT2D eigenvalue weighted by Gasteiger charge is 2.23. The summed E-state index contributed by atoms with van der Waals surface area (Å²) >= 11 is 0. The molecule has 1 aliphatic rings. The van der Waals surface area contributed by atoms with Crippen LogP contribution in [0.3, 0.4) is 0 Å². The number of benzene rings is 1. The Bertz CT molecular complexity index is 592. The van der Waals surface area contributed by atoms with E-state index in [0.717, 1.165) is 25.9 Å². The molecule has 0 aliphatic carbocycles. The van der Waals surface area contributed by atoms with Gasteiger partial charge in [0, 0.05) is 23.4 Å². The Morgan fingerprint density at radius 3 is 2.52 bits per heavy atom. The molecule has 0 bridgehead atoms. The Labute approximate surface area is 149 Å². The van der Waals surface area contributed by atoms with Crippen molar-refractivity contribution in [3.8, 4) is 0 Å². The second-order valence-electron chi connectivity index (χ2n) is 7.21. The van der Waals surface area contributed by atoms with Gasteiger partial charge in [-0.1, -0.05) is 6.92 Å². The van der Waals surface area contributed by atoms with Crippen LogP contribution in [0, 0.1) is 0 Å². The van der Waals surface area contributed by atoms with Crippen LogP contribution in [-0.2, 0) is 4.74 Å². The minimum atomic E-state index is -0.271. The number of ether oxygens (including phenoxy) is 1. The van der Waals surface area contributed by atoms with Crippen LogP contribution in [0.5, 0.6) is 0 Å². The molecule has 25 heavy (non-hydrogen) atoms. The van der Waals surface area contributed by atoms with E-state index in [9.17, 15) is 9.59 Å². The summed E-state index contributed by atoms with van der Waals surface area (Å²) in [6, 6.07) is 6.56. The number of anilines is 1. The van der Waals surface area contributed by atoms with Crippen LogP contribution in [-0.4, -0.2) is 36.2 Å². The molecule has 1 aromatic carbocycles. The van der Waals surface area contributed by atoms with Crippen LogP contribution in [0.15, 0.2) is 24.3 Å². The van der Waals surface area contributed by atoms with Crippen molar-refractivity contribution in [2.24, 2.45) is 0 Å². The van der Waals surface area contributed by atoms with Crippen molar-refractivity contribution in [3.63, 3.8) is 0 Å². The zero-order chi connectivity index (χ0) is 18.4. The molecule has 0 aromatic heterocycles. The van der Waals surface area contributed by atoms with Gasteiger partial charge in [0.15, 0.2) is 0 Å². The summed E-state index contributed by atoms with van der Waals surface area (Å²) in [5.41, 5.74) is 0.968. The summed E-state index contributed by atoms with van der Waals surface area (Å²) in [5, 5.41) is 8.66. The van der Waals surface area contributed by atoms with Gasteiger partial charge >= 0.3 is 6.03 Å². The van der Waals surface area contributed by atoms with Gasteiger partial charge in [-0.25, -0.2) is 4.79 Å². The monoisotopic (exact) mass is 347 g/mol. The molecule has 0 radical (unpaired) electrons. The van der Waals surface area contributed by atoms with Crippen molar-refractivity contribution < 1.29 is 14.3 Å². The summed E-state index contributed by atoms with van der Waals surface area (Å²) in [6.45, 7) is 8.71. The molecule has 138 valence electrons. The number of urea groups is 1. The van der Waals surface area contributed by atoms with Gasteiger partial charge in [-0.3, -0.25) is 4.79 Å². The Morgan fingerprint density at radius 2 is 1.96 bits per heavy atom. The van der Waals surface area contributed by atoms with Gasteiger partial charge in [-0.2, -0.15) is 0 Å². The Balaban J connectivity index is 1.87. The maximum Gasteiger partial charge on any atom is 0.319 e. The van der Waals surface area contributed by atoms with E-state index >= 15 is 0 Å². The molecule has 1 aliphatic heterocycles. The Morgan fingerprint density at radius 1 is 1.28 bits per heavy atom. The van der Waals surface area contributed by atoms with Crippen molar-refractivity contribution in [3.05, 3.63) is 29.8 Å². The van der Waals surface area contributed by atoms with Crippen molar-refractivity contribution in [1.82, 2.24) is 10.6 Å². The van der Waals surface area contributed by atoms with E-state index in [4.69, 9.17) is 4.74 Å². The summed E-state index contributed by atoms with van der Waals surface area (Å²) in [7, 11) is 0. The highest BCUT2D eigenvalue weighted by Crippen LogP contribution is 2.16. The third kappa shape index (κ3) is 5.74. The Hall–Kier alpha value is -2.08. The highest BCUT2D eigenvalue weighted by molar-refractivity contribution is 5.96. The van der Waals surface area contributed by atoms with Crippen LogP contribution in [0.25, 0.3) is 0 Å². The number of carbonyl (C=O) groups excluding carboxylic acids is 2. The lowest BCUT2D eigenvalue weighted by atomic mass is 10.0. The smallest absolute Gasteiger partial charge is 0.319 e. The van der Waals surface area contributed by atoms with E-state index < -0.39 is 0 Å². The second-order valence-corrected chi connectivity index (χ2v) is 7.21. The minimum Gasteiger partial charge on any atom is -0.376 e. The topological polar surface area (TPSA) is 79.5 Å². The third-order valence-corrected chi connectivity index (χ3v) is 4.62. The molecule has 2 rings (SSSR count). The molecule has 0 unspecified atom stereocenters. The second kappa shape index (κ2) is 8.34. The van der Waals surface area contributed by atoms with Gasteiger partial charge in [0.1, 0.15) is 0 Å². The number of hydrogen-bond acceptors (Lipinski definition) is 3. The minimum absolute atomic E-state index is 0.0381. The lowest BCUT2D eigenvalue weighted by molar-refractivity contribution is 0.0868. The molecule has 1 heterocycles. The lowest BCUT2D eigenvalue weighted by Gasteiger charge is -2.24. The molecule has 1 fully saturated rings. The fraction of sp³-hybridized carbons (Fsp3) is 0.579. The van der Waals surface area contributed by atoms with E-state index in [2.05, 4.69) is 16.0 Å². The van der Waals surface area contributed by atoms with Gasteiger partial charge < -0.3 is 20.7 Å². The van der Waals surface area contributed by atoms with Crippen LogP contribution >= 0.6 is 0 Å². The molecule has 3 N–H and O–H groups in total. The summed E-state index contributed by atoms with van der Waals surface area (Å²) in [4.78, 5) is 24.3. The summed E-state index contributed by atoms with van der Waals surface area (Å²) in [6.07, 6.45) is 2.94. The SMILES string of the molecule is CCC(C)(C)NC(=O)c1ccc(NC(=O)N[C@@H](C)[C@@H]2CCCO2)cc1. The zero-order valence-corrected chi connectivity index (χ0v) is 15.5. The maximum absolute atomic E-state index is 12.2. The van der Waals surface area contributed by atoms with Crippen LogP contribution in [0.1, 0.15) is 57.3 Å². The van der Waals surface area contributed by atoms with E-state index in [1.54, 1.807) is 24.3 Å². The predicted molar refractivity (Wildman–Crippen MR) is 98.9 cm³/mol. The molecule has 0 spiro atoms. The number of amides is 3. The van der Waals surface area contributed by atoms with E-state index in [1.807, 2.05) is 27.7 Å². The quantitative estimate of drug-likeness (QED) is 0.739. The first kappa shape index (κ1) is 19.2. The molecule has 6 nitrogen and oxygen atoms in total. The van der Waals surface area contributed by atoms with Crippen LogP contribution < -0.4 is 16.0 Å². The van der Waals surface area contributed by atoms with Crippen molar-refractivity contribution in [2.45, 2.75) is 64.6 Å². The van der Waals surface area contributed by atoms with Gasteiger partial charge in [0.05, 0.1) is 12.1 Å². The molecule has 2 atom stereocenters. The van der Waals surface area contributed by atoms with E-state index in [0.29, 0.717) is 11.3 Å². The average molecular weight is 347 g/mol. The van der Waals surface area contributed by atoms with Crippen LogP contribution in [0.4, 0.5) is 10.5 Å². The predicted octanol–water partition coefficient (Wildman–Crippen LogP) is 3.29. The van der Waals surface area contributed by atoms with Crippen molar-refractivity contribution in [2.75, 3.05) is 11.9 Å². The normalized spacial score (nSPS) is 18.5. The number of carbonyl (C=O) groups is 2. The van der Waals surface area contributed by atoms with Gasteiger partial charge in [0.25, 0.3) is 5.91 Å². The van der Waals surface area contributed by atoms with Gasteiger partial charge in [0.2, 0.25) is 0 Å². The average Bonchev–Trinajstić information content (AvgIpc) is 3.09. The van der Waals surface area contributed by atoms with Crippen molar-refractivity contribution in [1.29, 1.82) is 0 Å².